The maximum atomic E-state index is 9.17. The zero-order valence-electron chi connectivity index (χ0n) is 12.7. The Morgan fingerprint density at radius 2 is 2.05 bits per heavy atom. The third-order valence-corrected chi connectivity index (χ3v) is 4.56. The molecular formula is C15H25N5O. The van der Waals surface area contributed by atoms with Crippen molar-refractivity contribution in [3.8, 4) is 0 Å². The van der Waals surface area contributed by atoms with E-state index >= 15 is 0 Å². The molecule has 3 rings (SSSR count). The minimum atomic E-state index is 0.213. The number of aliphatic hydroxyl groups excluding tert-OH is 1. The second-order valence-corrected chi connectivity index (χ2v) is 6.15. The Morgan fingerprint density at radius 1 is 1.29 bits per heavy atom. The number of aromatic nitrogens is 2. The number of hydrogen-bond donors (Lipinski definition) is 3. The quantitative estimate of drug-likeness (QED) is 0.523. The van der Waals surface area contributed by atoms with Crippen LogP contribution in [0, 0.1) is 6.92 Å². The Kier molecular flexibility index (Phi) is 4.26. The molecule has 6 nitrogen and oxygen atoms in total. The van der Waals surface area contributed by atoms with Crippen molar-refractivity contribution in [2.24, 2.45) is 5.84 Å². The normalized spacial score (nSPS) is 18.4. The minimum Gasteiger partial charge on any atom is -0.396 e. The number of nitrogens with zero attached hydrogens (tertiary/aromatic N) is 3. The molecule has 116 valence electrons. The van der Waals surface area contributed by atoms with E-state index in [1.807, 2.05) is 6.92 Å². The first-order valence-corrected chi connectivity index (χ1v) is 7.97. The van der Waals surface area contributed by atoms with Gasteiger partial charge in [0.15, 0.2) is 0 Å². The van der Waals surface area contributed by atoms with E-state index in [0.717, 1.165) is 36.0 Å². The largest absolute Gasteiger partial charge is 0.396 e. The van der Waals surface area contributed by atoms with Gasteiger partial charge in [0, 0.05) is 30.7 Å². The van der Waals surface area contributed by atoms with Crippen LogP contribution in [0.4, 0.5) is 11.6 Å². The minimum absolute atomic E-state index is 0.213. The van der Waals surface area contributed by atoms with E-state index < -0.39 is 0 Å². The number of hydrazine groups is 1. The summed E-state index contributed by atoms with van der Waals surface area (Å²) in [6.07, 6.45) is 6.81. The Hall–Kier alpha value is -1.40. The van der Waals surface area contributed by atoms with E-state index in [0.29, 0.717) is 12.0 Å². The molecule has 4 N–H and O–H groups in total. The fourth-order valence-corrected chi connectivity index (χ4v) is 2.87. The lowest BCUT2D eigenvalue weighted by Gasteiger charge is -2.39. The van der Waals surface area contributed by atoms with Gasteiger partial charge in [0.05, 0.1) is 0 Å². The van der Waals surface area contributed by atoms with E-state index in [9.17, 15) is 0 Å². The van der Waals surface area contributed by atoms with Crippen molar-refractivity contribution in [3.63, 3.8) is 0 Å². The molecule has 0 unspecified atom stereocenters. The van der Waals surface area contributed by atoms with Crippen LogP contribution >= 0.6 is 0 Å². The molecule has 1 heterocycles. The fraction of sp³-hybridized carbons (Fsp3) is 0.733. The van der Waals surface area contributed by atoms with Crippen LogP contribution in [0.1, 0.15) is 55.8 Å². The molecule has 2 aliphatic rings. The molecule has 0 atom stereocenters. The molecule has 1 aromatic heterocycles. The lowest BCUT2D eigenvalue weighted by atomic mass is 9.91. The van der Waals surface area contributed by atoms with Gasteiger partial charge in [-0.05, 0) is 45.4 Å². The maximum Gasteiger partial charge on any atom is 0.148 e. The molecule has 0 aliphatic heterocycles. The SMILES string of the molecule is Cc1c(NN)nc(C2CC2)nc1N(CCCO)C1CCC1. The second kappa shape index (κ2) is 6.15. The van der Waals surface area contributed by atoms with Crippen molar-refractivity contribution in [1.82, 2.24) is 9.97 Å². The number of nitrogen functional groups attached to an aromatic ring is 1. The smallest absolute Gasteiger partial charge is 0.148 e. The number of rotatable bonds is 7. The highest BCUT2D eigenvalue weighted by molar-refractivity contribution is 5.59. The summed E-state index contributed by atoms with van der Waals surface area (Å²) in [5.74, 6) is 8.77. The highest BCUT2D eigenvalue weighted by Crippen LogP contribution is 2.41. The van der Waals surface area contributed by atoms with E-state index in [1.54, 1.807) is 0 Å². The van der Waals surface area contributed by atoms with Crippen LogP contribution in [0.25, 0.3) is 0 Å². The molecule has 0 radical (unpaired) electrons. The maximum absolute atomic E-state index is 9.17. The van der Waals surface area contributed by atoms with Gasteiger partial charge >= 0.3 is 0 Å². The van der Waals surface area contributed by atoms with Gasteiger partial charge in [0.1, 0.15) is 17.5 Å². The predicted octanol–water partition coefficient (Wildman–Crippen LogP) is 1.69. The van der Waals surface area contributed by atoms with Crippen LogP contribution < -0.4 is 16.2 Å². The van der Waals surface area contributed by atoms with E-state index in [2.05, 4.69) is 15.3 Å². The molecule has 2 aliphatic carbocycles. The molecule has 2 fully saturated rings. The molecule has 2 saturated carbocycles. The summed E-state index contributed by atoms with van der Waals surface area (Å²) in [7, 11) is 0. The number of anilines is 2. The summed E-state index contributed by atoms with van der Waals surface area (Å²) >= 11 is 0. The topological polar surface area (TPSA) is 87.3 Å². The molecule has 21 heavy (non-hydrogen) atoms. The van der Waals surface area contributed by atoms with Gasteiger partial charge < -0.3 is 15.4 Å². The van der Waals surface area contributed by atoms with Gasteiger partial charge in [-0.1, -0.05) is 0 Å². The molecule has 0 amide bonds. The monoisotopic (exact) mass is 291 g/mol. The van der Waals surface area contributed by atoms with Crippen molar-refractivity contribution in [1.29, 1.82) is 0 Å². The Labute approximate surface area is 125 Å². The van der Waals surface area contributed by atoms with Gasteiger partial charge in [0.25, 0.3) is 0 Å². The first-order chi connectivity index (χ1) is 10.2. The summed E-state index contributed by atoms with van der Waals surface area (Å²) in [4.78, 5) is 11.7. The van der Waals surface area contributed by atoms with Gasteiger partial charge in [0.2, 0.25) is 0 Å². The Morgan fingerprint density at radius 3 is 2.57 bits per heavy atom. The van der Waals surface area contributed by atoms with Crippen molar-refractivity contribution in [2.75, 3.05) is 23.5 Å². The van der Waals surface area contributed by atoms with Crippen molar-refractivity contribution >= 4 is 11.6 Å². The summed E-state index contributed by atoms with van der Waals surface area (Å²) in [6.45, 7) is 3.07. The Balaban J connectivity index is 1.93. The van der Waals surface area contributed by atoms with Crippen LogP contribution in [0.2, 0.25) is 0 Å². The average Bonchev–Trinajstić information content (AvgIpc) is 3.26. The van der Waals surface area contributed by atoms with Crippen LogP contribution in [0.5, 0.6) is 0 Å². The first kappa shape index (κ1) is 14.5. The second-order valence-electron chi connectivity index (χ2n) is 6.15. The average molecular weight is 291 g/mol. The molecule has 0 saturated heterocycles. The number of hydrogen-bond acceptors (Lipinski definition) is 6. The highest BCUT2D eigenvalue weighted by atomic mass is 16.3. The van der Waals surface area contributed by atoms with Crippen LogP contribution in [0.15, 0.2) is 0 Å². The molecule has 6 heteroatoms. The van der Waals surface area contributed by atoms with Crippen LogP contribution in [-0.4, -0.2) is 34.3 Å². The Bertz CT molecular complexity index is 499. The number of nitrogens with two attached hydrogens (primary N) is 1. The van der Waals surface area contributed by atoms with Crippen LogP contribution in [-0.2, 0) is 0 Å². The zero-order valence-corrected chi connectivity index (χ0v) is 12.7. The van der Waals surface area contributed by atoms with E-state index in [4.69, 9.17) is 15.9 Å². The van der Waals surface area contributed by atoms with Crippen molar-refractivity contribution < 1.29 is 5.11 Å². The molecule has 0 aromatic carbocycles. The zero-order chi connectivity index (χ0) is 14.8. The number of nitrogens with one attached hydrogen (secondary N) is 1. The molecule has 0 spiro atoms. The summed E-state index contributed by atoms with van der Waals surface area (Å²) < 4.78 is 0. The molecule has 0 bridgehead atoms. The first-order valence-electron chi connectivity index (χ1n) is 7.97. The lowest BCUT2D eigenvalue weighted by Crippen LogP contribution is -2.42. The standard InChI is InChI=1S/C15H25N5O/c1-10-13(19-16)17-14(11-6-7-11)18-15(10)20(8-3-9-21)12-4-2-5-12/h11-12,21H,2-9,16H2,1H3,(H,17,18,19). The summed E-state index contributed by atoms with van der Waals surface area (Å²) in [5, 5.41) is 9.17. The fourth-order valence-electron chi connectivity index (χ4n) is 2.87. The van der Waals surface area contributed by atoms with Crippen molar-refractivity contribution in [2.45, 2.75) is 57.4 Å². The molecule has 1 aromatic rings. The third-order valence-electron chi connectivity index (χ3n) is 4.56. The third kappa shape index (κ3) is 2.96. The predicted molar refractivity (Wildman–Crippen MR) is 83.2 cm³/mol. The van der Waals surface area contributed by atoms with Crippen molar-refractivity contribution in [3.05, 3.63) is 11.4 Å². The van der Waals surface area contributed by atoms with Gasteiger partial charge in [-0.3, -0.25) is 0 Å². The summed E-state index contributed by atoms with van der Waals surface area (Å²) in [6, 6.07) is 0.544. The van der Waals surface area contributed by atoms with Gasteiger partial charge in [-0.15, -0.1) is 0 Å². The van der Waals surface area contributed by atoms with Crippen LogP contribution in [0.3, 0.4) is 0 Å². The highest BCUT2D eigenvalue weighted by Gasteiger charge is 2.31. The number of aliphatic hydroxyl groups is 1. The lowest BCUT2D eigenvalue weighted by molar-refractivity contribution is 0.282. The van der Waals surface area contributed by atoms with Gasteiger partial charge in [-0.2, -0.15) is 0 Å². The van der Waals surface area contributed by atoms with Gasteiger partial charge in [-0.25, -0.2) is 15.8 Å². The van der Waals surface area contributed by atoms with E-state index in [1.165, 1.54) is 32.1 Å². The summed E-state index contributed by atoms with van der Waals surface area (Å²) in [5.41, 5.74) is 3.72. The van der Waals surface area contributed by atoms with E-state index in [-0.39, 0.29) is 6.61 Å². The molecular weight excluding hydrogens is 266 g/mol.